The highest BCUT2D eigenvalue weighted by Gasteiger charge is 2.16. The number of aryl methyl sites for hydroxylation is 1. The number of rotatable bonds is 5. The smallest absolute Gasteiger partial charge is 0.255 e. The van der Waals surface area contributed by atoms with E-state index in [1.807, 2.05) is 55.5 Å². The molecule has 0 fully saturated rings. The van der Waals surface area contributed by atoms with Gasteiger partial charge in [0.15, 0.2) is 5.13 Å². The molecule has 0 radical (unpaired) electrons. The van der Waals surface area contributed by atoms with Gasteiger partial charge in [0.25, 0.3) is 5.91 Å². The molecule has 0 bridgehead atoms. The molecule has 3 aromatic rings. The predicted octanol–water partition coefficient (Wildman–Crippen LogP) is 4.15. The topological polar surface area (TPSA) is 51.2 Å². The fourth-order valence-electron chi connectivity index (χ4n) is 2.22. The summed E-state index contributed by atoms with van der Waals surface area (Å²) < 4.78 is 6.69. The first-order valence-electron chi connectivity index (χ1n) is 7.46. The first-order chi connectivity index (χ1) is 11.1. The molecule has 3 rings (SSSR count). The van der Waals surface area contributed by atoms with Gasteiger partial charge in [0, 0.05) is 0 Å². The number of ether oxygens (including phenoxy) is 1. The summed E-state index contributed by atoms with van der Waals surface area (Å²) in [5.41, 5.74) is 3.08. The number of nitrogens with zero attached hydrogens (tertiary/aromatic N) is 1. The van der Waals surface area contributed by atoms with Crippen LogP contribution in [0.2, 0.25) is 0 Å². The molecule has 0 saturated carbocycles. The lowest BCUT2D eigenvalue weighted by atomic mass is 10.2. The Labute approximate surface area is 139 Å². The van der Waals surface area contributed by atoms with Crippen LogP contribution in [0.15, 0.2) is 48.5 Å². The molecule has 1 heterocycles. The summed E-state index contributed by atoms with van der Waals surface area (Å²) in [6.45, 7) is 4.17. The van der Waals surface area contributed by atoms with Crippen molar-refractivity contribution < 1.29 is 9.53 Å². The van der Waals surface area contributed by atoms with Gasteiger partial charge >= 0.3 is 0 Å². The molecule has 4 nitrogen and oxygen atoms in total. The summed E-state index contributed by atoms with van der Waals surface area (Å²) in [6.07, 6.45) is -0.539. The molecule has 118 valence electrons. The molecule has 1 atom stereocenters. The molecule has 5 heteroatoms. The quantitative estimate of drug-likeness (QED) is 0.766. The molecule has 1 aromatic heterocycles. The molecule has 0 aliphatic heterocycles. The van der Waals surface area contributed by atoms with E-state index in [4.69, 9.17) is 4.74 Å². The van der Waals surface area contributed by atoms with E-state index in [0.717, 1.165) is 21.3 Å². The Bertz CT molecular complexity index is 814. The van der Waals surface area contributed by atoms with Crippen molar-refractivity contribution >= 4 is 32.6 Å². The third kappa shape index (κ3) is 3.75. The molecule has 0 aliphatic rings. The fraction of sp³-hybridized carbons (Fsp3) is 0.222. The maximum atomic E-state index is 12.2. The lowest BCUT2D eigenvalue weighted by molar-refractivity contribution is -0.127. The Morgan fingerprint density at radius 1 is 1.22 bits per heavy atom. The first kappa shape index (κ1) is 15.6. The maximum Gasteiger partial charge on any atom is 0.255 e. The molecular weight excluding hydrogens is 308 g/mol. The van der Waals surface area contributed by atoms with Crippen molar-refractivity contribution in [2.24, 2.45) is 0 Å². The minimum absolute atomic E-state index is 0.183. The standard InChI is InChI=1S/C18H18N2O2S/c1-12-7-6-10-15-16(12)19-18(23-15)20-17(21)13(2)22-11-14-8-4-3-5-9-14/h3-10,13H,11H2,1-2H3,(H,19,20,21). The third-order valence-electron chi connectivity index (χ3n) is 3.56. The number of para-hydroxylation sites is 1. The van der Waals surface area contributed by atoms with Crippen molar-refractivity contribution in [3.63, 3.8) is 0 Å². The molecule has 0 saturated heterocycles. The van der Waals surface area contributed by atoms with E-state index in [2.05, 4.69) is 10.3 Å². The average molecular weight is 326 g/mol. The van der Waals surface area contributed by atoms with E-state index in [1.165, 1.54) is 11.3 Å². The van der Waals surface area contributed by atoms with Gasteiger partial charge in [0.1, 0.15) is 6.10 Å². The van der Waals surface area contributed by atoms with Gasteiger partial charge in [-0.1, -0.05) is 53.8 Å². The van der Waals surface area contributed by atoms with Gasteiger partial charge in [-0.25, -0.2) is 4.98 Å². The maximum absolute atomic E-state index is 12.2. The number of benzene rings is 2. The van der Waals surface area contributed by atoms with Crippen LogP contribution >= 0.6 is 11.3 Å². The number of hydrogen-bond acceptors (Lipinski definition) is 4. The van der Waals surface area contributed by atoms with Crippen LogP contribution in [0.5, 0.6) is 0 Å². The van der Waals surface area contributed by atoms with Crippen molar-refractivity contribution in [1.29, 1.82) is 0 Å². The fourth-order valence-corrected chi connectivity index (χ4v) is 3.16. The summed E-state index contributed by atoms with van der Waals surface area (Å²) in [5, 5.41) is 3.44. The normalized spacial score (nSPS) is 12.3. The lowest BCUT2D eigenvalue weighted by Crippen LogP contribution is -2.27. The minimum atomic E-state index is -0.539. The van der Waals surface area contributed by atoms with E-state index < -0.39 is 6.10 Å². The van der Waals surface area contributed by atoms with Gasteiger partial charge in [-0.15, -0.1) is 0 Å². The summed E-state index contributed by atoms with van der Waals surface area (Å²) in [4.78, 5) is 16.7. The number of nitrogens with one attached hydrogen (secondary N) is 1. The minimum Gasteiger partial charge on any atom is -0.364 e. The van der Waals surface area contributed by atoms with Gasteiger partial charge < -0.3 is 4.74 Å². The van der Waals surface area contributed by atoms with Crippen LogP contribution < -0.4 is 5.32 Å². The highest BCUT2D eigenvalue weighted by Crippen LogP contribution is 2.27. The molecule has 1 unspecified atom stereocenters. The zero-order valence-corrected chi connectivity index (χ0v) is 13.9. The Morgan fingerprint density at radius 2 is 2.00 bits per heavy atom. The number of hydrogen-bond donors (Lipinski definition) is 1. The number of fused-ring (bicyclic) bond motifs is 1. The molecule has 0 spiro atoms. The van der Waals surface area contributed by atoms with Crippen LogP contribution in [0, 0.1) is 6.92 Å². The predicted molar refractivity (Wildman–Crippen MR) is 93.7 cm³/mol. The van der Waals surface area contributed by atoms with Crippen LogP contribution in [0.4, 0.5) is 5.13 Å². The highest BCUT2D eigenvalue weighted by molar-refractivity contribution is 7.22. The number of amides is 1. The van der Waals surface area contributed by atoms with Crippen LogP contribution in [0.25, 0.3) is 10.2 Å². The van der Waals surface area contributed by atoms with Crippen LogP contribution in [-0.2, 0) is 16.1 Å². The van der Waals surface area contributed by atoms with Crippen molar-refractivity contribution in [2.75, 3.05) is 5.32 Å². The average Bonchev–Trinajstić information content (AvgIpc) is 2.97. The van der Waals surface area contributed by atoms with Crippen molar-refractivity contribution in [1.82, 2.24) is 4.98 Å². The SMILES string of the molecule is Cc1cccc2sc(NC(=O)C(C)OCc3ccccc3)nc12. The second kappa shape index (κ2) is 6.89. The van der Waals surface area contributed by atoms with Crippen LogP contribution in [-0.4, -0.2) is 17.0 Å². The van der Waals surface area contributed by atoms with Gasteiger partial charge in [-0.2, -0.15) is 0 Å². The van der Waals surface area contributed by atoms with Gasteiger partial charge in [0.05, 0.1) is 16.8 Å². The van der Waals surface area contributed by atoms with Crippen LogP contribution in [0.3, 0.4) is 0 Å². The Kier molecular flexibility index (Phi) is 4.69. The lowest BCUT2D eigenvalue weighted by Gasteiger charge is -2.12. The summed E-state index contributed by atoms with van der Waals surface area (Å²) in [5.74, 6) is -0.183. The number of thiazole rings is 1. The van der Waals surface area contributed by atoms with E-state index in [0.29, 0.717) is 11.7 Å². The largest absolute Gasteiger partial charge is 0.364 e. The van der Waals surface area contributed by atoms with Crippen molar-refractivity contribution in [3.8, 4) is 0 Å². The molecular formula is C18H18N2O2S. The number of anilines is 1. The zero-order valence-electron chi connectivity index (χ0n) is 13.1. The summed E-state index contributed by atoms with van der Waals surface area (Å²) >= 11 is 1.47. The molecule has 2 aromatic carbocycles. The van der Waals surface area contributed by atoms with Gasteiger partial charge in [-0.3, -0.25) is 10.1 Å². The zero-order chi connectivity index (χ0) is 16.2. The molecule has 1 amide bonds. The van der Waals surface area contributed by atoms with E-state index in [1.54, 1.807) is 6.92 Å². The summed E-state index contributed by atoms with van der Waals surface area (Å²) in [7, 11) is 0. The molecule has 1 N–H and O–H groups in total. The first-order valence-corrected chi connectivity index (χ1v) is 8.27. The van der Waals surface area contributed by atoms with Crippen molar-refractivity contribution in [2.45, 2.75) is 26.6 Å². The monoisotopic (exact) mass is 326 g/mol. The number of aromatic nitrogens is 1. The van der Waals surface area contributed by atoms with Gasteiger partial charge in [-0.05, 0) is 31.0 Å². The van der Waals surface area contributed by atoms with Gasteiger partial charge in [0.2, 0.25) is 0 Å². The van der Waals surface area contributed by atoms with E-state index >= 15 is 0 Å². The number of carbonyl (C=O) groups excluding carboxylic acids is 1. The Balaban J connectivity index is 1.62. The number of carbonyl (C=O) groups is 1. The highest BCUT2D eigenvalue weighted by atomic mass is 32.1. The molecule has 23 heavy (non-hydrogen) atoms. The second-order valence-electron chi connectivity index (χ2n) is 5.37. The van der Waals surface area contributed by atoms with Crippen LogP contribution in [0.1, 0.15) is 18.1 Å². The Morgan fingerprint density at radius 3 is 2.74 bits per heavy atom. The molecule has 0 aliphatic carbocycles. The summed E-state index contributed by atoms with van der Waals surface area (Å²) in [6, 6.07) is 15.8. The van der Waals surface area contributed by atoms with E-state index in [9.17, 15) is 4.79 Å². The second-order valence-corrected chi connectivity index (χ2v) is 6.40. The third-order valence-corrected chi connectivity index (χ3v) is 4.50. The Hall–Kier alpha value is -2.24. The van der Waals surface area contributed by atoms with Crippen molar-refractivity contribution in [3.05, 3.63) is 59.7 Å². The van der Waals surface area contributed by atoms with E-state index in [-0.39, 0.29) is 5.91 Å².